The standard InChI is InChI=1S/C17H23N3O5S/c1-12(2)24-15-5-7-16(8-6-15)26(22,23)18-9-10-20(14(4)21)17-11-13(3)25-19-17/h5-8,11-12,18H,9-10H2,1-4H3. The number of aryl methyl sites for hydroxylation is 1. The maximum absolute atomic E-state index is 12.4. The van der Waals surface area contributed by atoms with Gasteiger partial charge >= 0.3 is 0 Å². The van der Waals surface area contributed by atoms with Crippen molar-refractivity contribution in [3.8, 4) is 5.75 Å². The molecule has 1 N–H and O–H groups in total. The van der Waals surface area contributed by atoms with E-state index in [-0.39, 0.29) is 30.0 Å². The van der Waals surface area contributed by atoms with Crippen molar-refractivity contribution in [3.05, 3.63) is 36.1 Å². The molecule has 1 heterocycles. The monoisotopic (exact) mass is 381 g/mol. The van der Waals surface area contributed by atoms with Crippen molar-refractivity contribution in [2.24, 2.45) is 0 Å². The van der Waals surface area contributed by atoms with Gasteiger partial charge in [0.15, 0.2) is 5.82 Å². The van der Waals surface area contributed by atoms with Gasteiger partial charge in [-0.05, 0) is 45.0 Å². The molecule has 0 fully saturated rings. The summed E-state index contributed by atoms with van der Waals surface area (Å²) in [6.07, 6.45) is 0.00770. The molecular weight excluding hydrogens is 358 g/mol. The quantitative estimate of drug-likeness (QED) is 0.751. The van der Waals surface area contributed by atoms with Crippen molar-refractivity contribution in [1.82, 2.24) is 9.88 Å². The van der Waals surface area contributed by atoms with Gasteiger partial charge in [0.1, 0.15) is 11.5 Å². The van der Waals surface area contributed by atoms with E-state index in [1.54, 1.807) is 25.1 Å². The third kappa shape index (κ3) is 5.30. The first-order valence-electron chi connectivity index (χ1n) is 8.17. The summed E-state index contributed by atoms with van der Waals surface area (Å²) >= 11 is 0. The molecule has 1 amide bonds. The van der Waals surface area contributed by atoms with Crippen LogP contribution in [0, 0.1) is 6.92 Å². The number of rotatable bonds is 8. The largest absolute Gasteiger partial charge is 0.491 e. The van der Waals surface area contributed by atoms with Crippen LogP contribution in [-0.2, 0) is 14.8 Å². The first kappa shape index (κ1) is 19.9. The summed E-state index contributed by atoms with van der Waals surface area (Å²) in [6, 6.07) is 7.78. The van der Waals surface area contributed by atoms with Crippen molar-refractivity contribution in [2.75, 3.05) is 18.0 Å². The van der Waals surface area contributed by atoms with E-state index in [2.05, 4.69) is 9.88 Å². The summed E-state index contributed by atoms with van der Waals surface area (Å²) in [4.78, 5) is 13.2. The van der Waals surface area contributed by atoms with Crippen molar-refractivity contribution in [1.29, 1.82) is 0 Å². The zero-order valence-electron chi connectivity index (χ0n) is 15.2. The van der Waals surface area contributed by atoms with Crippen molar-refractivity contribution < 1.29 is 22.5 Å². The van der Waals surface area contributed by atoms with Crippen LogP contribution >= 0.6 is 0 Å². The van der Waals surface area contributed by atoms with E-state index in [4.69, 9.17) is 9.26 Å². The fourth-order valence-corrected chi connectivity index (χ4v) is 3.28. The fourth-order valence-electron chi connectivity index (χ4n) is 2.26. The first-order valence-corrected chi connectivity index (χ1v) is 9.65. The second kappa shape index (κ2) is 8.33. The molecule has 0 atom stereocenters. The Kier molecular flexibility index (Phi) is 6.38. The van der Waals surface area contributed by atoms with Gasteiger partial charge in [-0.3, -0.25) is 9.69 Å². The van der Waals surface area contributed by atoms with Gasteiger partial charge in [0.25, 0.3) is 0 Å². The number of anilines is 1. The summed E-state index contributed by atoms with van der Waals surface area (Å²) in [7, 11) is -3.69. The number of nitrogens with one attached hydrogen (secondary N) is 1. The Morgan fingerprint density at radius 2 is 1.96 bits per heavy atom. The van der Waals surface area contributed by atoms with Crippen molar-refractivity contribution >= 4 is 21.7 Å². The average Bonchev–Trinajstić information content (AvgIpc) is 2.97. The highest BCUT2D eigenvalue weighted by molar-refractivity contribution is 7.89. The summed E-state index contributed by atoms with van der Waals surface area (Å²) in [5, 5.41) is 3.78. The Hall–Kier alpha value is -2.39. The smallest absolute Gasteiger partial charge is 0.240 e. The van der Waals surface area contributed by atoms with Gasteiger partial charge in [0, 0.05) is 26.1 Å². The van der Waals surface area contributed by atoms with Crippen LogP contribution in [0.5, 0.6) is 5.75 Å². The summed E-state index contributed by atoms with van der Waals surface area (Å²) in [6.45, 7) is 7.05. The zero-order valence-corrected chi connectivity index (χ0v) is 16.0. The fraction of sp³-hybridized carbons (Fsp3) is 0.412. The summed E-state index contributed by atoms with van der Waals surface area (Å²) in [5.74, 6) is 1.26. The lowest BCUT2D eigenvalue weighted by atomic mass is 10.3. The molecule has 0 saturated heterocycles. The Labute approximate surface area is 153 Å². The van der Waals surface area contributed by atoms with E-state index in [1.165, 1.54) is 24.0 Å². The van der Waals surface area contributed by atoms with Crippen LogP contribution in [0.15, 0.2) is 39.8 Å². The molecule has 0 aliphatic carbocycles. The van der Waals surface area contributed by atoms with Gasteiger partial charge < -0.3 is 9.26 Å². The minimum atomic E-state index is -3.69. The van der Waals surface area contributed by atoms with Crippen LogP contribution in [0.4, 0.5) is 5.82 Å². The number of carbonyl (C=O) groups excluding carboxylic acids is 1. The number of hydrogen-bond acceptors (Lipinski definition) is 6. The molecule has 0 aliphatic heterocycles. The van der Waals surface area contributed by atoms with Crippen molar-refractivity contribution in [2.45, 2.75) is 38.7 Å². The van der Waals surface area contributed by atoms with E-state index in [0.29, 0.717) is 17.3 Å². The molecule has 2 aromatic rings. The highest BCUT2D eigenvalue weighted by Gasteiger charge is 2.18. The highest BCUT2D eigenvalue weighted by Crippen LogP contribution is 2.17. The molecule has 0 radical (unpaired) electrons. The Morgan fingerprint density at radius 3 is 2.46 bits per heavy atom. The van der Waals surface area contributed by atoms with Crippen molar-refractivity contribution in [3.63, 3.8) is 0 Å². The molecule has 9 heteroatoms. The minimum Gasteiger partial charge on any atom is -0.491 e. The average molecular weight is 381 g/mol. The number of ether oxygens (including phenoxy) is 1. The van der Waals surface area contributed by atoms with Crippen LogP contribution in [-0.4, -0.2) is 38.7 Å². The molecule has 0 saturated carbocycles. The van der Waals surface area contributed by atoms with Crippen LogP contribution in [0.2, 0.25) is 0 Å². The molecule has 0 aliphatic rings. The third-order valence-electron chi connectivity index (χ3n) is 3.41. The molecule has 0 bridgehead atoms. The van der Waals surface area contributed by atoms with Gasteiger partial charge in [-0.1, -0.05) is 5.16 Å². The molecule has 8 nitrogen and oxygen atoms in total. The number of carbonyl (C=O) groups is 1. The van der Waals surface area contributed by atoms with Crippen LogP contribution < -0.4 is 14.4 Å². The predicted molar refractivity (Wildman–Crippen MR) is 96.7 cm³/mol. The maximum atomic E-state index is 12.4. The van der Waals surface area contributed by atoms with E-state index in [0.717, 1.165) is 0 Å². The van der Waals surface area contributed by atoms with E-state index < -0.39 is 10.0 Å². The molecular formula is C17H23N3O5S. The Balaban J connectivity index is 1.99. The number of sulfonamides is 1. The van der Waals surface area contributed by atoms with E-state index in [1.807, 2.05) is 13.8 Å². The lowest BCUT2D eigenvalue weighted by molar-refractivity contribution is -0.116. The van der Waals surface area contributed by atoms with Gasteiger partial charge in [0.2, 0.25) is 15.9 Å². The number of amides is 1. The van der Waals surface area contributed by atoms with Gasteiger partial charge in [-0.2, -0.15) is 0 Å². The molecule has 0 spiro atoms. The molecule has 0 unspecified atom stereocenters. The highest BCUT2D eigenvalue weighted by atomic mass is 32.2. The molecule has 2 rings (SSSR count). The van der Waals surface area contributed by atoms with Gasteiger partial charge in [-0.15, -0.1) is 0 Å². The second-order valence-electron chi connectivity index (χ2n) is 6.00. The van der Waals surface area contributed by atoms with Gasteiger partial charge in [-0.25, -0.2) is 13.1 Å². The van der Waals surface area contributed by atoms with Crippen LogP contribution in [0.1, 0.15) is 26.5 Å². The summed E-state index contributed by atoms with van der Waals surface area (Å²) in [5.41, 5.74) is 0. The topological polar surface area (TPSA) is 102 Å². The zero-order chi connectivity index (χ0) is 19.3. The third-order valence-corrected chi connectivity index (χ3v) is 4.88. The number of hydrogen-bond donors (Lipinski definition) is 1. The number of aromatic nitrogens is 1. The molecule has 142 valence electrons. The SMILES string of the molecule is CC(=O)N(CCNS(=O)(=O)c1ccc(OC(C)C)cc1)c1cc(C)on1. The van der Waals surface area contributed by atoms with Gasteiger partial charge in [0.05, 0.1) is 11.0 Å². The van der Waals surface area contributed by atoms with Crippen LogP contribution in [0.25, 0.3) is 0 Å². The first-order chi connectivity index (χ1) is 12.2. The maximum Gasteiger partial charge on any atom is 0.240 e. The molecule has 26 heavy (non-hydrogen) atoms. The molecule has 1 aromatic carbocycles. The van der Waals surface area contributed by atoms with Crippen LogP contribution in [0.3, 0.4) is 0 Å². The lowest BCUT2D eigenvalue weighted by Gasteiger charge is -2.18. The number of benzene rings is 1. The second-order valence-corrected chi connectivity index (χ2v) is 7.77. The van der Waals surface area contributed by atoms with E-state index >= 15 is 0 Å². The molecule has 1 aromatic heterocycles. The van der Waals surface area contributed by atoms with E-state index in [9.17, 15) is 13.2 Å². The lowest BCUT2D eigenvalue weighted by Crippen LogP contribution is -2.37. The Morgan fingerprint density at radius 1 is 1.31 bits per heavy atom. The predicted octanol–water partition coefficient (Wildman–Crippen LogP) is 2.10. The Bertz CT molecular complexity index is 844. The summed E-state index contributed by atoms with van der Waals surface area (Å²) < 4.78 is 37.7. The normalized spacial score (nSPS) is 11.6. The minimum absolute atomic E-state index is 0.00770. The number of nitrogens with zero attached hydrogens (tertiary/aromatic N) is 2.